The first-order valence-corrected chi connectivity index (χ1v) is 6.90. The minimum atomic E-state index is -0.390. The highest BCUT2D eigenvalue weighted by Gasteiger charge is 2.23. The van der Waals surface area contributed by atoms with E-state index in [2.05, 4.69) is 17.0 Å². The van der Waals surface area contributed by atoms with Gasteiger partial charge in [-0.15, -0.1) is 0 Å². The third-order valence-electron chi connectivity index (χ3n) is 3.56. The van der Waals surface area contributed by atoms with Gasteiger partial charge in [0.15, 0.2) is 11.4 Å². The highest BCUT2D eigenvalue weighted by Crippen LogP contribution is 2.28. The number of hydrogen-bond donors (Lipinski definition) is 0. The van der Waals surface area contributed by atoms with E-state index < -0.39 is 5.97 Å². The molecule has 0 fully saturated rings. The zero-order valence-corrected chi connectivity index (χ0v) is 11.6. The summed E-state index contributed by atoms with van der Waals surface area (Å²) in [5.74, 6) is 0.839. The van der Waals surface area contributed by atoms with E-state index in [0.717, 1.165) is 24.3 Å². The van der Waals surface area contributed by atoms with Crippen LogP contribution in [0.4, 0.5) is 0 Å². The van der Waals surface area contributed by atoms with E-state index in [1.165, 1.54) is 6.20 Å². The topological polar surface area (TPSA) is 65.7 Å². The Labute approximate surface area is 116 Å². The van der Waals surface area contributed by atoms with E-state index in [4.69, 9.17) is 9.47 Å². The number of fused-ring (bicyclic) bond motifs is 2. The van der Waals surface area contributed by atoms with Gasteiger partial charge in [-0.05, 0) is 25.7 Å². The largest absolute Gasteiger partial charge is 0.490 e. The maximum atomic E-state index is 11.9. The quantitative estimate of drug-likeness (QED) is 0.800. The smallest absolute Gasteiger partial charge is 0.343 e. The fraction of sp³-hybridized carbons (Fsp3) is 0.500. The van der Waals surface area contributed by atoms with Gasteiger partial charge < -0.3 is 9.47 Å². The predicted molar refractivity (Wildman–Crippen MR) is 71.9 cm³/mol. The van der Waals surface area contributed by atoms with Crippen LogP contribution in [0.25, 0.3) is 5.65 Å². The van der Waals surface area contributed by atoms with E-state index in [0.29, 0.717) is 30.3 Å². The van der Waals surface area contributed by atoms with Gasteiger partial charge in [0.2, 0.25) is 0 Å². The van der Waals surface area contributed by atoms with E-state index >= 15 is 0 Å². The van der Waals surface area contributed by atoms with Crippen molar-refractivity contribution in [3.63, 3.8) is 0 Å². The number of aromatic nitrogens is 3. The molecule has 0 unspecified atom stereocenters. The highest BCUT2D eigenvalue weighted by molar-refractivity contribution is 5.95. The summed E-state index contributed by atoms with van der Waals surface area (Å²) < 4.78 is 12.3. The van der Waals surface area contributed by atoms with Gasteiger partial charge in [0, 0.05) is 0 Å². The Balaban J connectivity index is 2.03. The Morgan fingerprint density at radius 1 is 1.55 bits per heavy atom. The number of ether oxygens (including phenoxy) is 2. The summed E-state index contributed by atoms with van der Waals surface area (Å²) in [7, 11) is 0. The van der Waals surface area contributed by atoms with Crippen LogP contribution in [-0.2, 0) is 11.2 Å². The number of carbonyl (C=O) groups is 1. The van der Waals surface area contributed by atoms with Gasteiger partial charge >= 0.3 is 5.97 Å². The van der Waals surface area contributed by atoms with Crippen LogP contribution >= 0.6 is 0 Å². The molecule has 20 heavy (non-hydrogen) atoms. The minimum absolute atomic E-state index is 0.335. The molecule has 0 amide bonds. The molecule has 0 saturated carbocycles. The van der Waals surface area contributed by atoms with Crippen molar-refractivity contribution in [2.45, 2.75) is 26.7 Å². The van der Waals surface area contributed by atoms with Crippen LogP contribution in [-0.4, -0.2) is 33.8 Å². The zero-order valence-electron chi connectivity index (χ0n) is 11.6. The summed E-state index contributed by atoms with van der Waals surface area (Å²) >= 11 is 0. The van der Waals surface area contributed by atoms with Gasteiger partial charge in [0.1, 0.15) is 5.56 Å². The molecule has 0 N–H and O–H groups in total. The molecule has 2 aromatic heterocycles. The van der Waals surface area contributed by atoms with E-state index in [-0.39, 0.29) is 0 Å². The Kier molecular flexibility index (Phi) is 3.30. The highest BCUT2D eigenvalue weighted by atomic mass is 16.5. The fourth-order valence-corrected chi connectivity index (χ4v) is 2.35. The first-order chi connectivity index (χ1) is 9.72. The van der Waals surface area contributed by atoms with Crippen LogP contribution in [0.5, 0.6) is 5.75 Å². The third-order valence-corrected chi connectivity index (χ3v) is 3.56. The number of carbonyl (C=O) groups excluding carboxylic acids is 1. The van der Waals surface area contributed by atoms with Crippen LogP contribution in [0.3, 0.4) is 0 Å². The molecule has 1 aliphatic rings. The molecule has 106 valence electrons. The Morgan fingerprint density at radius 3 is 3.15 bits per heavy atom. The van der Waals surface area contributed by atoms with E-state index in [9.17, 15) is 4.79 Å². The van der Waals surface area contributed by atoms with Crippen molar-refractivity contribution < 1.29 is 14.3 Å². The summed E-state index contributed by atoms with van der Waals surface area (Å²) in [5.41, 5.74) is 1.82. The summed E-state index contributed by atoms with van der Waals surface area (Å²) in [4.78, 5) is 16.4. The lowest BCUT2D eigenvalue weighted by atomic mass is 9.99. The van der Waals surface area contributed by atoms with Gasteiger partial charge in [-0.2, -0.15) is 5.10 Å². The van der Waals surface area contributed by atoms with Crippen molar-refractivity contribution in [1.29, 1.82) is 0 Å². The second kappa shape index (κ2) is 5.11. The van der Waals surface area contributed by atoms with Crippen LogP contribution < -0.4 is 4.74 Å². The average molecular weight is 275 g/mol. The maximum absolute atomic E-state index is 11.9. The molecule has 3 rings (SSSR count). The summed E-state index contributed by atoms with van der Waals surface area (Å²) in [6.45, 7) is 4.96. The first-order valence-electron chi connectivity index (χ1n) is 6.90. The molecule has 6 nitrogen and oxygen atoms in total. The van der Waals surface area contributed by atoms with E-state index in [1.54, 1.807) is 17.6 Å². The Hall–Kier alpha value is -2.11. The SMILES string of the molecule is CCOC(=O)c1cnn2cc3c(nc12)C[C@H](CC)CO3. The number of esters is 1. The van der Waals surface area contributed by atoms with Crippen LogP contribution in [0.2, 0.25) is 0 Å². The van der Waals surface area contributed by atoms with Crippen molar-refractivity contribution in [3.05, 3.63) is 23.7 Å². The molecule has 0 spiro atoms. The van der Waals surface area contributed by atoms with Gasteiger partial charge in [-0.25, -0.2) is 14.3 Å². The molecule has 2 aromatic rings. The molecule has 0 radical (unpaired) electrons. The minimum Gasteiger partial charge on any atom is -0.490 e. The molecule has 3 heterocycles. The standard InChI is InChI=1S/C14H17N3O3/c1-3-9-5-11-12(20-8-9)7-17-13(16-11)10(6-15-17)14(18)19-4-2/h6-7,9H,3-5,8H2,1-2H3/t9-/m0/s1. The van der Waals surface area contributed by atoms with Crippen molar-refractivity contribution in [2.75, 3.05) is 13.2 Å². The molecule has 0 bridgehead atoms. The lowest BCUT2D eigenvalue weighted by molar-refractivity contribution is 0.0528. The predicted octanol–water partition coefficient (Wildman–Crippen LogP) is 1.87. The third kappa shape index (κ3) is 2.11. The maximum Gasteiger partial charge on any atom is 0.343 e. The molecule has 0 aromatic carbocycles. The second-order valence-electron chi connectivity index (χ2n) is 4.89. The monoisotopic (exact) mass is 275 g/mol. The van der Waals surface area contributed by atoms with Crippen molar-refractivity contribution in [2.24, 2.45) is 5.92 Å². The van der Waals surface area contributed by atoms with Gasteiger partial charge in [-0.1, -0.05) is 6.92 Å². The summed E-state index contributed by atoms with van der Waals surface area (Å²) in [5, 5.41) is 4.14. The second-order valence-corrected chi connectivity index (χ2v) is 4.89. The molecular weight excluding hydrogens is 258 g/mol. The number of nitrogens with zero attached hydrogens (tertiary/aromatic N) is 3. The Morgan fingerprint density at radius 2 is 2.40 bits per heavy atom. The van der Waals surface area contributed by atoms with Crippen molar-refractivity contribution in [1.82, 2.24) is 14.6 Å². The summed E-state index contributed by atoms with van der Waals surface area (Å²) in [6, 6.07) is 0. The van der Waals surface area contributed by atoms with Gasteiger partial charge in [0.25, 0.3) is 0 Å². The van der Waals surface area contributed by atoms with Crippen LogP contribution in [0.15, 0.2) is 12.4 Å². The molecule has 0 aliphatic carbocycles. The molecule has 1 atom stereocenters. The zero-order chi connectivity index (χ0) is 14.1. The normalized spacial score (nSPS) is 17.6. The fourth-order valence-electron chi connectivity index (χ4n) is 2.35. The Bertz CT molecular complexity index is 650. The number of rotatable bonds is 3. The molecular formula is C14H17N3O3. The molecule has 1 aliphatic heterocycles. The van der Waals surface area contributed by atoms with Gasteiger partial charge in [0.05, 0.1) is 31.3 Å². The molecule has 6 heteroatoms. The first kappa shape index (κ1) is 12.9. The number of hydrogen-bond acceptors (Lipinski definition) is 5. The lowest BCUT2D eigenvalue weighted by Crippen LogP contribution is -2.22. The van der Waals surface area contributed by atoms with E-state index in [1.807, 2.05) is 0 Å². The average Bonchev–Trinajstić information content (AvgIpc) is 2.87. The van der Waals surface area contributed by atoms with Crippen molar-refractivity contribution in [3.8, 4) is 5.75 Å². The van der Waals surface area contributed by atoms with Gasteiger partial charge in [-0.3, -0.25) is 0 Å². The van der Waals surface area contributed by atoms with Crippen LogP contribution in [0.1, 0.15) is 36.3 Å². The molecule has 0 saturated heterocycles. The van der Waals surface area contributed by atoms with Crippen molar-refractivity contribution >= 4 is 11.6 Å². The lowest BCUT2D eigenvalue weighted by Gasteiger charge is -2.23. The summed E-state index contributed by atoms with van der Waals surface area (Å²) in [6.07, 6.45) is 5.20. The van der Waals surface area contributed by atoms with Crippen LogP contribution in [0, 0.1) is 5.92 Å².